The van der Waals surface area contributed by atoms with E-state index in [4.69, 9.17) is 11.5 Å². The van der Waals surface area contributed by atoms with E-state index in [2.05, 4.69) is 47.5 Å². The zero-order chi connectivity index (χ0) is 49.4. The minimum absolute atomic E-state index is 0.0682. The van der Waals surface area contributed by atoms with Crippen LogP contribution in [0.3, 0.4) is 0 Å². The summed E-state index contributed by atoms with van der Waals surface area (Å²) in [6, 6.07) is -8.04. The quantitative estimate of drug-likeness (QED) is 0.0227. The largest absolute Gasteiger partial charge is 0.391 e. The average Bonchev–Trinajstić information content (AvgIpc) is 3.73. The first kappa shape index (κ1) is 57.5. The molecule has 0 aromatic carbocycles. The Bertz CT molecular complexity index is 1640. The molecule has 0 radical (unpaired) electrons. The number of nitrogens with one attached hydrogen (secondary N) is 8. The van der Waals surface area contributed by atoms with Gasteiger partial charge in [-0.3, -0.25) is 48.1 Å². The van der Waals surface area contributed by atoms with Crippen molar-refractivity contribution in [2.24, 2.45) is 28.3 Å². The molecule has 1 unspecified atom stereocenters. The Morgan fingerprint density at radius 3 is 1.75 bits per heavy atom. The third-order valence-corrected chi connectivity index (χ3v) is 11.0. The lowest BCUT2D eigenvalue weighted by Crippen LogP contribution is -2.62. The zero-order valence-corrected chi connectivity index (χ0v) is 39.8. The molecule has 1 saturated heterocycles. The molecule has 1 aliphatic rings. The summed E-state index contributed by atoms with van der Waals surface area (Å²) in [6.45, 7) is 15.6. The summed E-state index contributed by atoms with van der Waals surface area (Å²) in [4.78, 5) is 125. The SMILES string of the molecule is CCC[C@H](NC(=O)[C@@H](NC(=O)[C@@H](NC(=O)[C@@H](NC(C)=O)C(C)C)C(C)CC)[C@@H](C)O)C(=O)N[C@@H](CCCCNC(C)=O)C(=O)N[C@@H](CCCN=C(N)N)C(=O)N1CCC[C@H]1C(=O)NCC. The molecule has 0 spiro atoms. The maximum Gasteiger partial charge on any atom is 0.245 e. The minimum atomic E-state index is -1.58. The van der Waals surface area contributed by atoms with Gasteiger partial charge in [0.15, 0.2) is 5.96 Å². The number of aliphatic hydroxyl groups is 1. The van der Waals surface area contributed by atoms with Crippen LogP contribution in [0.5, 0.6) is 0 Å². The van der Waals surface area contributed by atoms with Gasteiger partial charge in [-0.05, 0) is 77.0 Å². The molecule has 1 rings (SSSR count). The number of aliphatic imine (C=N–C) groups is 1. The molecule has 1 fully saturated rings. The fourth-order valence-electron chi connectivity index (χ4n) is 7.27. The Morgan fingerprint density at radius 1 is 0.662 bits per heavy atom. The molecule has 0 bridgehead atoms. The van der Waals surface area contributed by atoms with Crippen LogP contribution in [0.1, 0.15) is 127 Å². The predicted molar refractivity (Wildman–Crippen MR) is 244 cm³/mol. The van der Waals surface area contributed by atoms with E-state index in [0.717, 1.165) is 0 Å². The Hall–Kier alpha value is -5.54. The van der Waals surface area contributed by atoms with Crippen molar-refractivity contribution in [3.8, 4) is 0 Å². The lowest BCUT2D eigenvalue weighted by Gasteiger charge is -2.31. The second-order valence-corrected chi connectivity index (χ2v) is 17.0. The first-order chi connectivity index (χ1) is 30.6. The predicted octanol–water partition coefficient (Wildman–Crippen LogP) is -1.71. The van der Waals surface area contributed by atoms with Gasteiger partial charge >= 0.3 is 0 Å². The molecule has 9 atom stereocenters. The summed E-state index contributed by atoms with van der Waals surface area (Å²) in [5, 5.41) is 32.1. The van der Waals surface area contributed by atoms with Gasteiger partial charge < -0.3 is 64.0 Å². The zero-order valence-electron chi connectivity index (χ0n) is 39.8. The molecule has 22 heteroatoms. The number of nitrogens with zero attached hydrogens (tertiary/aromatic N) is 2. The summed E-state index contributed by atoms with van der Waals surface area (Å²) < 4.78 is 0. The van der Waals surface area contributed by atoms with Crippen LogP contribution in [0.25, 0.3) is 0 Å². The smallest absolute Gasteiger partial charge is 0.245 e. The van der Waals surface area contributed by atoms with Crippen molar-refractivity contribution in [2.75, 3.05) is 26.2 Å². The van der Waals surface area contributed by atoms with Crippen LogP contribution in [-0.2, 0) is 43.2 Å². The van der Waals surface area contributed by atoms with Crippen LogP contribution in [-0.4, -0.2) is 144 Å². The molecule has 65 heavy (non-hydrogen) atoms. The second-order valence-electron chi connectivity index (χ2n) is 17.0. The van der Waals surface area contributed by atoms with Crippen LogP contribution in [0.15, 0.2) is 4.99 Å². The van der Waals surface area contributed by atoms with E-state index in [9.17, 15) is 48.3 Å². The van der Waals surface area contributed by atoms with Crippen molar-refractivity contribution in [3.63, 3.8) is 0 Å². The number of carbonyl (C=O) groups excluding carboxylic acids is 9. The molecular weight excluding hydrogens is 845 g/mol. The van der Waals surface area contributed by atoms with E-state index in [1.807, 2.05) is 0 Å². The number of nitrogens with two attached hydrogens (primary N) is 2. The molecule has 370 valence electrons. The molecule has 0 aromatic heterocycles. The van der Waals surface area contributed by atoms with Crippen molar-refractivity contribution in [3.05, 3.63) is 0 Å². The van der Waals surface area contributed by atoms with Gasteiger partial charge in [-0.25, -0.2) is 0 Å². The monoisotopic (exact) mass is 923 g/mol. The third kappa shape index (κ3) is 20.5. The second kappa shape index (κ2) is 29.8. The Morgan fingerprint density at radius 2 is 1.22 bits per heavy atom. The molecule has 22 nitrogen and oxygen atoms in total. The number of hydrogen-bond donors (Lipinski definition) is 11. The fourth-order valence-corrected chi connectivity index (χ4v) is 7.27. The Labute approximate surface area is 383 Å². The maximum absolute atomic E-state index is 14.2. The summed E-state index contributed by atoms with van der Waals surface area (Å²) >= 11 is 0. The number of rotatable bonds is 29. The Kier molecular flexibility index (Phi) is 26.4. The van der Waals surface area contributed by atoms with E-state index in [1.165, 1.54) is 25.7 Å². The molecule has 0 aromatic rings. The van der Waals surface area contributed by atoms with E-state index in [-0.39, 0.29) is 55.9 Å². The number of unbranched alkanes of at least 4 members (excludes halogenated alkanes) is 1. The number of amides is 9. The number of carbonyl (C=O) groups is 9. The highest BCUT2D eigenvalue weighted by atomic mass is 16.3. The number of aliphatic hydroxyl groups excluding tert-OH is 1. The van der Waals surface area contributed by atoms with Crippen molar-refractivity contribution in [1.29, 1.82) is 0 Å². The number of likely N-dealkylation sites (N-methyl/N-ethyl adjacent to an activating group) is 1. The molecule has 0 saturated carbocycles. The van der Waals surface area contributed by atoms with Crippen LogP contribution in [0.4, 0.5) is 0 Å². The summed E-state index contributed by atoms with van der Waals surface area (Å²) in [7, 11) is 0. The first-order valence-corrected chi connectivity index (χ1v) is 22.9. The fraction of sp³-hybridized carbons (Fsp3) is 0.767. The van der Waals surface area contributed by atoms with Gasteiger partial charge in [0.05, 0.1) is 6.10 Å². The van der Waals surface area contributed by atoms with Crippen molar-refractivity contribution < 1.29 is 48.3 Å². The van der Waals surface area contributed by atoms with Crippen LogP contribution in [0, 0.1) is 11.8 Å². The molecule has 1 heterocycles. The summed E-state index contributed by atoms with van der Waals surface area (Å²) in [6.07, 6.45) is 1.71. The first-order valence-electron chi connectivity index (χ1n) is 22.9. The highest BCUT2D eigenvalue weighted by Crippen LogP contribution is 2.20. The van der Waals surface area contributed by atoms with Gasteiger partial charge in [-0.15, -0.1) is 0 Å². The Balaban J connectivity index is 3.43. The van der Waals surface area contributed by atoms with Gasteiger partial charge in [0.2, 0.25) is 53.2 Å². The van der Waals surface area contributed by atoms with Crippen LogP contribution in [0.2, 0.25) is 0 Å². The topological polar surface area (TPSA) is 338 Å². The van der Waals surface area contributed by atoms with Gasteiger partial charge in [0.1, 0.15) is 42.3 Å². The normalized spacial score (nSPS) is 17.1. The van der Waals surface area contributed by atoms with E-state index < -0.39 is 95.7 Å². The lowest BCUT2D eigenvalue weighted by molar-refractivity contribution is -0.142. The van der Waals surface area contributed by atoms with E-state index >= 15 is 0 Å². The van der Waals surface area contributed by atoms with Crippen molar-refractivity contribution >= 4 is 59.1 Å². The molecule has 1 aliphatic heterocycles. The highest BCUT2D eigenvalue weighted by molar-refractivity contribution is 5.98. The standard InChI is InChI=1S/C43H78N12O10/c1-10-17-29(51-41(64)35(26(7)56)54-40(63)34(25(6)11-2)53-39(62)33(24(4)5)49-28(9)58)36(59)50-30(18-13-14-21-47-27(8)57)37(60)52-31(19-15-22-48-43(44)45)42(65)55-23-16-20-32(55)38(61)46-12-3/h24-26,29-35,56H,10-23H2,1-9H3,(H,46,61)(H,47,57)(H,49,58)(H,50,59)(H,51,64)(H,52,60)(H,53,62)(H,54,63)(H4,44,45,48)/t25?,26-,29+,30+,31+,32+,33+,34+,35+/m1/s1. The summed E-state index contributed by atoms with van der Waals surface area (Å²) in [5.74, 6) is -6.15. The number of hydrogen-bond acceptors (Lipinski definition) is 11. The maximum atomic E-state index is 14.2. The van der Waals surface area contributed by atoms with E-state index in [1.54, 1.807) is 41.5 Å². The molecule has 13 N–H and O–H groups in total. The minimum Gasteiger partial charge on any atom is -0.391 e. The van der Waals surface area contributed by atoms with Crippen molar-refractivity contribution in [2.45, 2.75) is 175 Å². The third-order valence-electron chi connectivity index (χ3n) is 11.0. The summed E-state index contributed by atoms with van der Waals surface area (Å²) in [5.41, 5.74) is 11.0. The molecule has 0 aliphatic carbocycles. The van der Waals surface area contributed by atoms with Gasteiger partial charge in [0, 0.05) is 40.0 Å². The van der Waals surface area contributed by atoms with Gasteiger partial charge in [-0.1, -0.05) is 47.5 Å². The van der Waals surface area contributed by atoms with Crippen LogP contribution >= 0.6 is 0 Å². The number of guanidine groups is 1. The van der Waals surface area contributed by atoms with E-state index in [0.29, 0.717) is 58.2 Å². The van der Waals surface area contributed by atoms with Gasteiger partial charge in [0.25, 0.3) is 0 Å². The average molecular weight is 923 g/mol. The molecular formula is C43H78N12O10. The van der Waals surface area contributed by atoms with Crippen LogP contribution < -0.4 is 54.0 Å². The lowest BCUT2D eigenvalue weighted by atomic mass is 9.96. The van der Waals surface area contributed by atoms with Crippen molar-refractivity contribution in [1.82, 2.24) is 47.4 Å². The number of likely N-dealkylation sites (tertiary alicyclic amines) is 1. The van der Waals surface area contributed by atoms with Gasteiger partial charge in [-0.2, -0.15) is 0 Å². The molecule has 9 amide bonds. The highest BCUT2D eigenvalue weighted by Gasteiger charge is 2.39.